The van der Waals surface area contributed by atoms with Gasteiger partial charge in [0.25, 0.3) is 0 Å². The number of rotatable bonds is 8. The summed E-state index contributed by atoms with van der Waals surface area (Å²) in [7, 11) is 4.05. The summed E-state index contributed by atoms with van der Waals surface area (Å²) in [5.41, 5.74) is 0.913. The predicted molar refractivity (Wildman–Crippen MR) is 77.0 cm³/mol. The first kappa shape index (κ1) is 15.9. The molecular weight excluding hydrogens is 243 g/mol. The summed E-state index contributed by atoms with van der Waals surface area (Å²) < 4.78 is 19.1. The maximum absolute atomic E-state index is 13.5. The Balaban J connectivity index is 2.48. The van der Waals surface area contributed by atoms with Crippen LogP contribution in [0.3, 0.4) is 0 Å². The van der Waals surface area contributed by atoms with Crippen molar-refractivity contribution in [3.8, 4) is 5.75 Å². The molecule has 0 unspecified atom stereocenters. The Morgan fingerprint density at radius 3 is 2.63 bits per heavy atom. The van der Waals surface area contributed by atoms with Crippen LogP contribution in [0.2, 0.25) is 0 Å². The van der Waals surface area contributed by atoms with Gasteiger partial charge in [0.15, 0.2) is 0 Å². The van der Waals surface area contributed by atoms with E-state index in [1.54, 1.807) is 6.07 Å². The van der Waals surface area contributed by atoms with E-state index in [9.17, 15) is 4.39 Å². The average Bonchev–Trinajstić information content (AvgIpc) is 2.31. The molecule has 0 fully saturated rings. The molecular formula is C15H25FN2O. The van der Waals surface area contributed by atoms with Crippen molar-refractivity contribution in [2.45, 2.75) is 32.9 Å². The van der Waals surface area contributed by atoms with Gasteiger partial charge < -0.3 is 15.0 Å². The second kappa shape index (κ2) is 8.12. The minimum Gasteiger partial charge on any atom is -0.493 e. The molecule has 1 aromatic carbocycles. The number of benzene rings is 1. The van der Waals surface area contributed by atoms with Crippen molar-refractivity contribution in [3.05, 3.63) is 29.6 Å². The van der Waals surface area contributed by atoms with Gasteiger partial charge in [-0.1, -0.05) is 13.8 Å². The number of nitrogens with zero attached hydrogens (tertiary/aromatic N) is 1. The smallest absolute Gasteiger partial charge is 0.127 e. The highest BCUT2D eigenvalue weighted by Crippen LogP contribution is 2.16. The summed E-state index contributed by atoms with van der Waals surface area (Å²) in [5.74, 6) is 0.366. The fourth-order valence-corrected chi connectivity index (χ4v) is 1.70. The molecule has 0 heterocycles. The van der Waals surface area contributed by atoms with Gasteiger partial charge >= 0.3 is 0 Å². The van der Waals surface area contributed by atoms with Crippen molar-refractivity contribution in [2.75, 3.05) is 27.2 Å². The summed E-state index contributed by atoms with van der Waals surface area (Å²) in [5, 5.41) is 3.27. The molecule has 108 valence electrons. The van der Waals surface area contributed by atoms with Crippen LogP contribution in [0.5, 0.6) is 5.75 Å². The first-order valence-electron chi connectivity index (χ1n) is 6.77. The van der Waals surface area contributed by atoms with Crippen molar-refractivity contribution < 1.29 is 9.13 Å². The number of hydrogen-bond acceptors (Lipinski definition) is 3. The number of nitrogens with one attached hydrogen (secondary N) is 1. The summed E-state index contributed by atoms with van der Waals surface area (Å²) in [6.45, 7) is 6.37. The lowest BCUT2D eigenvalue weighted by Gasteiger charge is -2.12. The van der Waals surface area contributed by atoms with Gasteiger partial charge in [0.05, 0.1) is 6.61 Å². The van der Waals surface area contributed by atoms with Gasteiger partial charge in [-0.2, -0.15) is 0 Å². The topological polar surface area (TPSA) is 24.5 Å². The van der Waals surface area contributed by atoms with Crippen molar-refractivity contribution >= 4 is 0 Å². The molecule has 0 aliphatic rings. The van der Waals surface area contributed by atoms with Crippen molar-refractivity contribution in [3.63, 3.8) is 0 Å². The standard InChI is InChI=1S/C15H25FN2O/c1-12(2)17-11-13-8-14(16)10-15(9-13)19-7-5-6-18(3)4/h8-10,12,17H,5-7,11H2,1-4H3. The molecule has 0 amide bonds. The maximum atomic E-state index is 13.5. The zero-order valence-corrected chi connectivity index (χ0v) is 12.4. The number of halogens is 1. The second-order valence-electron chi connectivity index (χ2n) is 5.34. The van der Waals surface area contributed by atoms with Crippen LogP contribution < -0.4 is 10.1 Å². The normalized spacial score (nSPS) is 11.3. The summed E-state index contributed by atoms with van der Waals surface area (Å²) in [6, 6.07) is 5.26. The zero-order chi connectivity index (χ0) is 14.3. The first-order chi connectivity index (χ1) is 8.97. The molecule has 4 heteroatoms. The summed E-state index contributed by atoms with van der Waals surface area (Å²) in [6.07, 6.45) is 0.934. The molecule has 0 aliphatic heterocycles. The number of hydrogen-bond donors (Lipinski definition) is 1. The van der Waals surface area contributed by atoms with Crippen molar-refractivity contribution in [1.29, 1.82) is 0 Å². The molecule has 0 spiro atoms. The van der Waals surface area contributed by atoms with Crippen LogP contribution >= 0.6 is 0 Å². The molecule has 19 heavy (non-hydrogen) atoms. The molecule has 0 aromatic heterocycles. The maximum Gasteiger partial charge on any atom is 0.127 e. The van der Waals surface area contributed by atoms with Crippen LogP contribution in [0.15, 0.2) is 18.2 Å². The van der Waals surface area contributed by atoms with Crippen LogP contribution in [0.4, 0.5) is 4.39 Å². The third-order valence-electron chi connectivity index (χ3n) is 2.66. The Labute approximate surface area is 115 Å². The molecule has 1 N–H and O–H groups in total. The Morgan fingerprint density at radius 2 is 2.00 bits per heavy atom. The average molecular weight is 268 g/mol. The largest absolute Gasteiger partial charge is 0.493 e. The Morgan fingerprint density at radius 1 is 1.26 bits per heavy atom. The third-order valence-corrected chi connectivity index (χ3v) is 2.66. The monoisotopic (exact) mass is 268 g/mol. The van der Waals surface area contributed by atoms with Crippen LogP contribution in [0.1, 0.15) is 25.8 Å². The summed E-state index contributed by atoms with van der Waals surface area (Å²) >= 11 is 0. The lowest BCUT2D eigenvalue weighted by Crippen LogP contribution is -2.21. The van der Waals surface area contributed by atoms with E-state index >= 15 is 0 Å². The van der Waals surface area contributed by atoms with Crippen molar-refractivity contribution in [2.24, 2.45) is 0 Å². The molecule has 0 saturated carbocycles. The fourth-order valence-electron chi connectivity index (χ4n) is 1.70. The highest BCUT2D eigenvalue weighted by Gasteiger charge is 2.03. The van der Waals surface area contributed by atoms with Gasteiger partial charge in [-0.05, 0) is 38.2 Å². The quantitative estimate of drug-likeness (QED) is 0.734. The van der Waals surface area contributed by atoms with Gasteiger partial charge in [-0.3, -0.25) is 0 Å². The van der Waals surface area contributed by atoms with E-state index in [0.717, 1.165) is 18.5 Å². The number of ether oxygens (including phenoxy) is 1. The molecule has 0 radical (unpaired) electrons. The van der Waals surface area contributed by atoms with Crippen LogP contribution in [0.25, 0.3) is 0 Å². The molecule has 1 aromatic rings. The molecule has 3 nitrogen and oxygen atoms in total. The predicted octanol–water partition coefficient (Wildman–Crippen LogP) is 2.65. The van der Waals surface area contributed by atoms with E-state index in [1.807, 2.05) is 20.2 Å². The van der Waals surface area contributed by atoms with Crippen LogP contribution in [0, 0.1) is 5.82 Å². The molecule has 0 saturated heterocycles. The molecule has 1 rings (SSSR count). The zero-order valence-electron chi connectivity index (χ0n) is 12.4. The lowest BCUT2D eigenvalue weighted by atomic mass is 10.2. The Bertz CT molecular complexity index is 380. The lowest BCUT2D eigenvalue weighted by molar-refractivity contribution is 0.280. The Kier molecular flexibility index (Phi) is 6.81. The van der Waals surface area contributed by atoms with E-state index in [-0.39, 0.29) is 5.82 Å². The highest BCUT2D eigenvalue weighted by atomic mass is 19.1. The van der Waals surface area contributed by atoms with E-state index in [0.29, 0.717) is 24.9 Å². The second-order valence-corrected chi connectivity index (χ2v) is 5.34. The van der Waals surface area contributed by atoms with E-state index in [1.165, 1.54) is 6.07 Å². The molecule has 0 bridgehead atoms. The van der Waals surface area contributed by atoms with Gasteiger partial charge in [-0.15, -0.1) is 0 Å². The Hall–Kier alpha value is -1.13. The molecule has 0 atom stereocenters. The van der Waals surface area contributed by atoms with Gasteiger partial charge in [-0.25, -0.2) is 4.39 Å². The third kappa shape index (κ3) is 7.13. The highest BCUT2D eigenvalue weighted by molar-refractivity contribution is 5.29. The van der Waals surface area contributed by atoms with Gasteiger partial charge in [0, 0.05) is 25.2 Å². The minimum absolute atomic E-state index is 0.245. The SMILES string of the molecule is CC(C)NCc1cc(F)cc(OCCCN(C)C)c1. The fraction of sp³-hybridized carbons (Fsp3) is 0.600. The van der Waals surface area contributed by atoms with E-state index in [4.69, 9.17) is 4.74 Å². The van der Waals surface area contributed by atoms with E-state index < -0.39 is 0 Å². The van der Waals surface area contributed by atoms with E-state index in [2.05, 4.69) is 24.1 Å². The van der Waals surface area contributed by atoms with Crippen molar-refractivity contribution in [1.82, 2.24) is 10.2 Å². The van der Waals surface area contributed by atoms with Gasteiger partial charge in [0.2, 0.25) is 0 Å². The summed E-state index contributed by atoms with van der Waals surface area (Å²) in [4.78, 5) is 2.10. The molecule has 0 aliphatic carbocycles. The van der Waals surface area contributed by atoms with Gasteiger partial charge in [0.1, 0.15) is 11.6 Å². The first-order valence-corrected chi connectivity index (χ1v) is 6.77. The minimum atomic E-state index is -0.245. The van der Waals surface area contributed by atoms with Crippen LogP contribution in [-0.4, -0.2) is 38.2 Å². The van der Waals surface area contributed by atoms with Crippen LogP contribution in [-0.2, 0) is 6.54 Å².